The molecule has 0 fully saturated rings. The SMILES string of the molecule is C[C@@H](Cc1cccc(-c2ccc(O)c(O)c2)c1N)C(=O)O. The van der Waals surface area contributed by atoms with Crippen molar-refractivity contribution in [2.75, 3.05) is 5.73 Å². The summed E-state index contributed by atoms with van der Waals surface area (Å²) in [5, 5.41) is 27.9. The van der Waals surface area contributed by atoms with Crippen molar-refractivity contribution in [3.63, 3.8) is 0 Å². The number of rotatable bonds is 4. The summed E-state index contributed by atoms with van der Waals surface area (Å²) >= 11 is 0. The summed E-state index contributed by atoms with van der Waals surface area (Å²) in [5.74, 6) is -1.83. The Morgan fingerprint density at radius 2 is 1.90 bits per heavy atom. The van der Waals surface area contributed by atoms with Crippen LogP contribution in [0.3, 0.4) is 0 Å². The summed E-state index contributed by atoms with van der Waals surface area (Å²) in [4.78, 5) is 11.0. The Hall–Kier alpha value is -2.69. The van der Waals surface area contributed by atoms with Gasteiger partial charge in [0.2, 0.25) is 0 Å². The quantitative estimate of drug-likeness (QED) is 0.511. The topological polar surface area (TPSA) is 104 Å². The van der Waals surface area contributed by atoms with E-state index in [0.717, 1.165) is 5.56 Å². The average molecular weight is 287 g/mol. The maximum Gasteiger partial charge on any atom is 0.306 e. The van der Waals surface area contributed by atoms with Gasteiger partial charge in [0, 0.05) is 11.3 Å². The van der Waals surface area contributed by atoms with Crippen molar-refractivity contribution in [3.05, 3.63) is 42.0 Å². The number of carboxylic acid groups (broad SMARTS) is 1. The van der Waals surface area contributed by atoms with E-state index in [2.05, 4.69) is 0 Å². The molecule has 0 aliphatic rings. The zero-order valence-electron chi connectivity index (χ0n) is 11.6. The molecule has 0 heterocycles. The molecule has 0 saturated heterocycles. The lowest BCUT2D eigenvalue weighted by Crippen LogP contribution is -2.13. The smallest absolute Gasteiger partial charge is 0.306 e. The molecule has 0 radical (unpaired) electrons. The van der Waals surface area contributed by atoms with Gasteiger partial charge in [0.05, 0.1) is 5.92 Å². The Bertz CT molecular complexity index is 682. The van der Waals surface area contributed by atoms with Crippen LogP contribution in [0.1, 0.15) is 12.5 Å². The third-order valence-corrected chi connectivity index (χ3v) is 3.43. The normalized spacial score (nSPS) is 12.0. The summed E-state index contributed by atoms with van der Waals surface area (Å²) in [6.45, 7) is 1.63. The molecule has 0 aliphatic heterocycles. The van der Waals surface area contributed by atoms with E-state index in [0.29, 0.717) is 23.2 Å². The first-order valence-corrected chi connectivity index (χ1v) is 6.52. The van der Waals surface area contributed by atoms with Crippen LogP contribution in [0.2, 0.25) is 0 Å². The van der Waals surface area contributed by atoms with Gasteiger partial charge < -0.3 is 21.1 Å². The van der Waals surface area contributed by atoms with Crippen LogP contribution in [0.4, 0.5) is 5.69 Å². The molecule has 110 valence electrons. The van der Waals surface area contributed by atoms with Gasteiger partial charge in [0.25, 0.3) is 0 Å². The number of carbonyl (C=O) groups is 1. The number of phenolic OH excluding ortho intramolecular Hbond substituents is 2. The number of carboxylic acids is 1. The van der Waals surface area contributed by atoms with Crippen LogP contribution in [0.25, 0.3) is 11.1 Å². The number of aliphatic carboxylic acids is 1. The molecule has 21 heavy (non-hydrogen) atoms. The minimum Gasteiger partial charge on any atom is -0.504 e. The Morgan fingerprint density at radius 3 is 2.52 bits per heavy atom. The van der Waals surface area contributed by atoms with Crippen LogP contribution in [0.15, 0.2) is 36.4 Å². The standard InChI is InChI=1S/C16H17NO4/c1-9(16(20)21)7-11-3-2-4-12(15(11)17)10-5-6-13(18)14(19)8-10/h2-6,8-9,18-19H,7,17H2,1H3,(H,20,21)/t9-/m0/s1. The van der Waals surface area contributed by atoms with Crippen molar-refractivity contribution in [1.29, 1.82) is 0 Å². The number of para-hydroxylation sites is 1. The number of anilines is 1. The first-order valence-electron chi connectivity index (χ1n) is 6.52. The number of hydrogen-bond acceptors (Lipinski definition) is 4. The third kappa shape index (κ3) is 3.08. The number of nitrogen functional groups attached to an aromatic ring is 1. The van der Waals surface area contributed by atoms with Crippen molar-refractivity contribution in [1.82, 2.24) is 0 Å². The van der Waals surface area contributed by atoms with Crippen molar-refractivity contribution >= 4 is 11.7 Å². The largest absolute Gasteiger partial charge is 0.504 e. The number of phenols is 2. The van der Waals surface area contributed by atoms with Crippen LogP contribution in [-0.4, -0.2) is 21.3 Å². The van der Waals surface area contributed by atoms with Crippen LogP contribution >= 0.6 is 0 Å². The molecular weight excluding hydrogens is 270 g/mol. The van der Waals surface area contributed by atoms with E-state index in [9.17, 15) is 15.0 Å². The number of aromatic hydroxyl groups is 2. The van der Waals surface area contributed by atoms with E-state index in [1.54, 1.807) is 31.2 Å². The summed E-state index contributed by atoms with van der Waals surface area (Å²) in [7, 11) is 0. The highest BCUT2D eigenvalue weighted by molar-refractivity contribution is 5.80. The molecule has 5 nitrogen and oxygen atoms in total. The first-order chi connectivity index (χ1) is 9.90. The van der Waals surface area contributed by atoms with Crippen LogP contribution in [0.5, 0.6) is 11.5 Å². The summed E-state index contributed by atoms with van der Waals surface area (Å²) in [6, 6.07) is 9.82. The van der Waals surface area contributed by atoms with Gasteiger partial charge in [0.1, 0.15) is 0 Å². The molecule has 0 unspecified atom stereocenters. The molecule has 5 heteroatoms. The van der Waals surface area contributed by atoms with Crippen molar-refractivity contribution in [2.24, 2.45) is 5.92 Å². The summed E-state index contributed by atoms with van der Waals surface area (Å²) in [6.07, 6.45) is 0.332. The van der Waals surface area contributed by atoms with Gasteiger partial charge in [-0.05, 0) is 29.7 Å². The lowest BCUT2D eigenvalue weighted by atomic mass is 9.94. The van der Waals surface area contributed by atoms with Gasteiger partial charge >= 0.3 is 5.97 Å². The van der Waals surface area contributed by atoms with Gasteiger partial charge in [-0.1, -0.05) is 31.2 Å². The Morgan fingerprint density at radius 1 is 1.19 bits per heavy atom. The molecule has 0 saturated carbocycles. The molecule has 0 spiro atoms. The number of hydrogen-bond donors (Lipinski definition) is 4. The molecule has 2 aromatic rings. The van der Waals surface area contributed by atoms with Gasteiger partial charge in [-0.2, -0.15) is 0 Å². The van der Waals surface area contributed by atoms with Crippen LogP contribution < -0.4 is 5.73 Å². The fraction of sp³-hybridized carbons (Fsp3) is 0.188. The molecule has 0 bridgehead atoms. The summed E-state index contributed by atoms with van der Waals surface area (Å²) in [5.41, 5.74) is 8.70. The van der Waals surface area contributed by atoms with Crippen molar-refractivity contribution in [3.8, 4) is 22.6 Å². The lowest BCUT2D eigenvalue weighted by molar-refractivity contribution is -0.141. The second kappa shape index (κ2) is 5.75. The van der Waals surface area contributed by atoms with E-state index in [-0.39, 0.29) is 11.5 Å². The zero-order valence-corrected chi connectivity index (χ0v) is 11.6. The molecule has 1 atom stereocenters. The second-order valence-corrected chi connectivity index (χ2v) is 5.03. The van der Waals surface area contributed by atoms with Gasteiger partial charge in [-0.3, -0.25) is 4.79 Å². The van der Waals surface area contributed by atoms with Crippen LogP contribution in [-0.2, 0) is 11.2 Å². The molecule has 0 aliphatic carbocycles. The molecular formula is C16H17NO4. The van der Waals surface area contributed by atoms with Crippen molar-refractivity contribution in [2.45, 2.75) is 13.3 Å². The average Bonchev–Trinajstić information content (AvgIpc) is 2.44. The predicted molar refractivity (Wildman–Crippen MR) is 80.1 cm³/mol. The van der Waals surface area contributed by atoms with Gasteiger partial charge in [-0.15, -0.1) is 0 Å². The van der Waals surface area contributed by atoms with Crippen LogP contribution in [0, 0.1) is 5.92 Å². The molecule has 0 amide bonds. The molecule has 2 aromatic carbocycles. The monoisotopic (exact) mass is 287 g/mol. The molecule has 2 rings (SSSR count). The third-order valence-electron chi connectivity index (χ3n) is 3.43. The van der Waals surface area contributed by atoms with Crippen molar-refractivity contribution < 1.29 is 20.1 Å². The Balaban J connectivity index is 2.41. The maximum absolute atomic E-state index is 11.0. The minimum atomic E-state index is -0.873. The van der Waals surface area contributed by atoms with E-state index in [4.69, 9.17) is 10.8 Å². The van der Waals surface area contributed by atoms with E-state index >= 15 is 0 Å². The Labute approximate surface area is 122 Å². The van der Waals surface area contributed by atoms with E-state index in [1.165, 1.54) is 12.1 Å². The summed E-state index contributed by atoms with van der Waals surface area (Å²) < 4.78 is 0. The number of nitrogens with two attached hydrogens (primary N) is 1. The van der Waals surface area contributed by atoms with Gasteiger partial charge in [-0.25, -0.2) is 0 Å². The minimum absolute atomic E-state index is 0.201. The molecule has 0 aromatic heterocycles. The zero-order chi connectivity index (χ0) is 15.6. The highest BCUT2D eigenvalue weighted by Crippen LogP contribution is 2.34. The van der Waals surface area contributed by atoms with E-state index in [1.807, 2.05) is 0 Å². The second-order valence-electron chi connectivity index (χ2n) is 5.03. The maximum atomic E-state index is 11.0. The first kappa shape index (κ1) is 14.7. The highest BCUT2D eigenvalue weighted by Gasteiger charge is 2.15. The highest BCUT2D eigenvalue weighted by atomic mass is 16.4. The fourth-order valence-corrected chi connectivity index (χ4v) is 2.15. The Kier molecular flexibility index (Phi) is 4.03. The lowest BCUT2D eigenvalue weighted by Gasteiger charge is -2.13. The molecule has 5 N–H and O–H groups in total. The van der Waals surface area contributed by atoms with Gasteiger partial charge in [0.15, 0.2) is 11.5 Å². The van der Waals surface area contributed by atoms with E-state index < -0.39 is 11.9 Å². The number of benzene rings is 2. The fourth-order valence-electron chi connectivity index (χ4n) is 2.15. The predicted octanol–water partition coefficient (Wildman–Crippen LogP) is 2.61.